The van der Waals surface area contributed by atoms with E-state index in [1.165, 1.54) is 16.7 Å². The summed E-state index contributed by atoms with van der Waals surface area (Å²) < 4.78 is 7.33. The molecule has 4 rings (SSSR count). The average Bonchev–Trinajstić information content (AvgIpc) is 3.36. The van der Waals surface area contributed by atoms with Crippen LogP contribution in [0.4, 0.5) is 0 Å². The maximum atomic E-state index is 5.47. The Bertz CT molecular complexity index is 979. The van der Waals surface area contributed by atoms with Gasteiger partial charge in [0.2, 0.25) is 0 Å². The van der Waals surface area contributed by atoms with Crippen LogP contribution in [0.15, 0.2) is 72.0 Å². The molecule has 0 spiro atoms. The summed E-state index contributed by atoms with van der Waals surface area (Å²) in [6.07, 6.45) is 3.73. The molecule has 0 radical (unpaired) electrons. The molecule has 3 aromatic rings. The van der Waals surface area contributed by atoms with Crippen molar-refractivity contribution in [2.75, 3.05) is 33.4 Å². The molecule has 0 amide bonds. The van der Waals surface area contributed by atoms with Crippen LogP contribution in [0.1, 0.15) is 16.7 Å². The normalized spacial score (nSPS) is 15.1. The number of hydrogen-bond donors (Lipinski definition) is 2. The zero-order valence-electron chi connectivity index (χ0n) is 18.0. The van der Waals surface area contributed by atoms with Crippen LogP contribution in [0, 0.1) is 0 Å². The van der Waals surface area contributed by atoms with Gasteiger partial charge in [-0.2, -0.15) is 5.10 Å². The second-order valence-corrected chi connectivity index (χ2v) is 7.56. The van der Waals surface area contributed by atoms with E-state index in [1.807, 2.05) is 23.0 Å². The van der Waals surface area contributed by atoms with Crippen molar-refractivity contribution in [3.63, 3.8) is 0 Å². The van der Waals surface area contributed by atoms with Gasteiger partial charge in [-0.05, 0) is 34.9 Å². The third-order valence-corrected chi connectivity index (χ3v) is 5.43. The Labute approximate surface area is 183 Å². The molecule has 0 saturated carbocycles. The van der Waals surface area contributed by atoms with E-state index in [0.717, 1.165) is 51.0 Å². The van der Waals surface area contributed by atoms with E-state index in [9.17, 15) is 0 Å². The maximum Gasteiger partial charge on any atom is 0.191 e. The first kappa shape index (κ1) is 21.1. The zero-order valence-corrected chi connectivity index (χ0v) is 18.0. The Morgan fingerprint density at radius 3 is 2.58 bits per heavy atom. The molecule has 2 N–H and O–H groups in total. The molecule has 0 bridgehead atoms. The van der Waals surface area contributed by atoms with Crippen molar-refractivity contribution < 1.29 is 4.74 Å². The van der Waals surface area contributed by atoms with Gasteiger partial charge in [-0.25, -0.2) is 4.68 Å². The number of morpholine rings is 1. The van der Waals surface area contributed by atoms with Crippen LogP contribution < -0.4 is 10.6 Å². The highest BCUT2D eigenvalue weighted by molar-refractivity contribution is 5.79. The summed E-state index contributed by atoms with van der Waals surface area (Å²) in [5, 5.41) is 11.2. The fraction of sp³-hybridized carbons (Fsp3) is 0.333. The van der Waals surface area contributed by atoms with Crippen molar-refractivity contribution in [1.29, 1.82) is 0 Å². The van der Waals surface area contributed by atoms with Gasteiger partial charge in [0.25, 0.3) is 0 Å². The van der Waals surface area contributed by atoms with Crippen LogP contribution in [0.2, 0.25) is 0 Å². The number of rotatable bonds is 7. The van der Waals surface area contributed by atoms with Crippen LogP contribution in [0.3, 0.4) is 0 Å². The van der Waals surface area contributed by atoms with Crippen molar-refractivity contribution in [3.05, 3.63) is 83.7 Å². The molecule has 2 heterocycles. The molecule has 31 heavy (non-hydrogen) atoms. The van der Waals surface area contributed by atoms with E-state index in [1.54, 1.807) is 13.2 Å². The van der Waals surface area contributed by atoms with Crippen LogP contribution >= 0.6 is 0 Å². The fourth-order valence-corrected chi connectivity index (χ4v) is 3.70. The molecule has 2 aromatic carbocycles. The molecule has 1 fully saturated rings. The van der Waals surface area contributed by atoms with Gasteiger partial charge in [0.15, 0.2) is 5.96 Å². The summed E-state index contributed by atoms with van der Waals surface area (Å²) in [6.45, 7) is 5.98. The first-order valence-electron chi connectivity index (χ1n) is 10.7. The van der Waals surface area contributed by atoms with Gasteiger partial charge >= 0.3 is 0 Å². The Morgan fingerprint density at radius 1 is 1.00 bits per heavy atom. The lowest BCUT2D eigenvalue weighted by molar-refractivity contribution is 0.0341. The minimum Gasteiger partial charge on any atom is -0.379 e. The smallest absolute Gasteiger partial charge is 0.191 e. The lowest BCUT2D eigenvalue weighted by Gasteiger charge is -2.27. The molecule has 1 aliphatic rings. The largest absolute Gasteiger partial charge is 0.379 e. The zero-order chi connectivity index (χ0) is 21.3. The lowest BCUT2D eigenvalue weighted by atomic mass is 10.1. The maximum absolute atomic E-state index is 5.47. The first-order valence-corrected chi connectivity index (χ1v) is 10.7. The topological polar surface area (TPSA) is 66.7 Å². The molecule has 1 saturated heterocycles. The lowest BCUT2D eigenvalue weighted by Crippen LogP contribution is -2.37. The van der Waals surface area contributed by atoms with E-state index >= 15 is 0 Å². The van der Waals surface area contributed by atoms with Crippen molar-refractivity contribution in [2.45, 2.75) is 19.6 Å². The van der Waals surface area contributed by atoms with Gasteiger partial charge < -0.3 is 15.4 Å². The summed E-state index contributed by atoms with van der Waals surface area (Å²) in [7, 11) is 1.80. The first-order chi connectivity index (χ1) is 15.3. The van der Waals surface area contributed by atoms with E-state index in [4.69, 9.17) is 4.74 Å². The quantitative estimate of drug-likeness (QED) is 0.456. The van der Waals surface area contributed by atoms with Crippen LogP contribution in [0.5, 0.6) is 0 Å². The summed E-state index contributed by atoms with van der Waals surface area (Å²) in [4.78, 5) is 6.83. The third-order valence-electron chi connectivity index (χ3n) is 5.43. The van der Waals surface area contributed by atoms with Gasteiger partial charge in [-0.3, -0.25) is 9.89 Å². The number of aliphatic imine (C=N–C) groups is 1. The second kappa shape index (κ2) is 10.7. The molecule has 7 nitrogen and oxygen atoms in total. The predicted molar refractivity (Wildman–Crippen MR) is 123 cm³/mol. The number of nitrogens with zero attached hydrogens (tertiary/aromatic N) is 4. The molecule has 0 aliphatic carbocycles. The van der Waals surface area contributed by atoms with Gasteiger partial charge in [0.05, 0.1) is 18.9 Å². The Hall–Kier alpha value is -3.16. The molecule has 162 valence electrons. The van der Waals surface area contributed by atoms with Gasteiger partial charge in [-0.15, -0.1) is 0 Å². The van der Waals surface area contributed by atoms with Crippen molar-refractivity contribution >= 4 is 5.96 Å². The van der Waals surface area contributed by atoms with Crippen LogP contribution in [-0.4, -0.2) is 54.0 Å². The number of guanidine groups is 1. The molecule has 0 unspecified atom stereocenters. The molecule has 1 aromatic heterocycles. The van der Waals surface area contributed by atoms with Gasteiger partial charge in [0.1, 0.15) is 0 Å². The molecular formula is C24H30N6O. The number of aromatic nitrogens is 2. The summed E-state index contributed by atoms with van der Waals surface area (Å²) in [5.74, 6) is 0.783. The highest BCUT2D eigenvalue weighted by Crippen LogP contribution is 2.13. The fourth-order valence-electron chi connectivity index (χ4n) is 3.70. The van der Waals surface area contributed by atoms with Crippen molar-refractivity contribution in [1.82, 2.24) is 25.3 Å². The predicted octanol–water partition coefficient (Wildman–Crippen LogP) is 2.57. The van der Waals surface area contributed by atoms with Gasteiger partial charge in [0, 0.05) is 52.2 Å². The molecule has 0 atom stereocenters. The van der Waals surface area contributed by atoms with Crippen LogP contribution in [0.25, 0.3) is 5.69 Å². The van der Waals surface area contributed by atoms with E-state index in [-0.39, 0.29) is 0 Å². The summed E-state index contributed by atoms with van der Waals surface area (Å²) in [5.41, 5.74) is 4.85. The average molecular weight is 419 g/mol. The number of nitrogens with one attached hydrogen (secondary N) is 2. The highest BCUT2D eigenvalue weighted by atomic mass is 16.5. The minimum atomic E-state index is 0.685. The Balaban J connectivity index is 1.33. The van der Waals surface area contributed by atoms with E-state index in [0.29, 0.717) is 6.54 Å². The highest BCUT2D eigenvalue weighted by Gasteiger charge is 2.12. The van der Waals surface area contributed by atoms with Crippen molar-refractivity contribution in [3.8, 4) is 5.69 Å². The van der Waals surface area contributed by atoms with E-state index in [2.05, 4.69) is 68.1 Å². The van der Waals surface area contributed by atoms with Gasteiger partial charge in [-0.1, -0.05) is 36.4 Å². The number of ether oxygens (including phenoxy) is 1. The standard InChI is InChI=1S/C24H30N6O/c1-25-24(26-17-20-6-4-9-23(16-20)30-11-5-10-28-30)27-18-21-7-2-3-8-22(21)19-29-12-14-31-15-13-29/h2-11,16H,12-15,17-19H2,1H3,(H2,25,26,27). The van der Waals surface area contributed by atoms with Crippen LogP contribution in [-0.2, 0) is 24.4 Å². The second-order valence-electron chi connectivity index (χ2n) is 7.56. The third kappa shape index (κ3) is 5.93. The molecular weight excluding hydrogens is 388 g/mol. The minimum absolute atomic E-state index is 0.685. The molecule has 1 aliphatic heterocycles. The van der Waals surface area contributed by atoms with E-state index < -0.39 is 0 Å². The van der Waals surface area contributed by atoms with Crippen molar-refractivity contribution in [2.24, 2.45) is 4.99 Å². The molecule has 7 heteroatoms. The number of hydrogen-bond acceptors (Lipinski definition) is 4. The summed E-state index contributed by atoms with van der Waals surface area (Å²) >= 11 is 0. The number of benzene rings is 2. The summed E-state index contributed by atoms with van der Waals surface area (Å²) in [6, 6.07) is 18.9. The Kier molecular flexibility index (Phi) is 7.31. The SMILES string of the molecule is CN=C(NCc1cccc(-n2cccn2)c1)NCc1ccccc1CN1CCOCC1. The Morgan fingerprint density at radius 2 is 1.81 bits per heavy atom. The monoisotopic (exact) mass is 418 g/mol.